The number of anilines is 1. The van der Waals surface area contributed by atoms with Gasteiger partial charge in [0.25, 0.3) is 0 Å². The van der Waals surface area contributed by atoms with Crippen molar-refractivity contribution in [2.45, 2.75) is 25.4 Å². The van der Waals surface area contributed by atoms with Gasteiger partial charge in [-0.3, -0.25) is 4.90 Å². The van der Waals surface area contributed by atoms with Crippen molar-refractivity contribution >= 4 is 16.5 Å². The Hall–Kier alpha value is -1.59. The first-order valence-electron chi connectivity index (χ1n) is 6.85. The van der Waals surface area contributed by atoms with Gasteiger partial charge in [0, 0.05) is 29.2 Å². The molecular formula is C15H19N3OS. The Morgan fingerprint density at radius 1 is 1.45 bits per heavy atom. The molecule has 1 unspecified atom stereocenters. The zero-order valence-electron chi connectivity index (χ0n) is 11.6. The van der Waals surface area contributed by atoms with Crippen molar-refractivity contribution in [1.82, 2.24) is 9.88 Å². The molecule has 106 valence electrons. The normalized spacial score (nSPS) is 19.4. The Bertz CT molecular complexity index is 584. The van der Waals surface area contributed by atoms with Crippen LogP contribution in [0.15, 0.2) is 30.5 Å². The van der Waals surface area contributed by atoms with E-state index in [0.29, 0.717) is 11.2 Å². The highest BCUT2D eigenvalue weighted by Gasteiger charge is 2.28. The molecule has 1 aromatic heterocycles. The van der Waals surface area contributed by atoms with Crippen LogP contribution in [-0.2, 0) is 6.54 Å². The van der Waals surface area contributed by atoms with Crippen molar-refractivity contribution in [2.75, 3.05) is 19.4 Å². The number of rotatable bonds is 4. The summed E-state index contributed by atoms with van der Waals surface area (Å²) in [5, 5.41) is 0.646. The lowest BCUT2D eigenvalue weighted by molar-refractivity contribution is 0.245. The van der Waals surface area contributed by atoms with Gasteiger partial charge in [-0.05, 0) is 25.5 Å². The van der Waals surface area contributed by atoms with Gasteiger partial charge >= 0.3 is 0 Å². The quantitative estimate of drug-likeness (QED) is 0.940. The number of thiazole rings is 1. The van der Waals surface area contributed by atoms with Gasteiger partial charge in [-0.15, -0.1) is 11.3 Å². The van der Waals surface area contributed by atoms with Crippen LogP contribution in [0.3, 0.4) is 0 Å². The smallest absolute Gasteiger partial charge is 0.180 e. The molecule has 0 spiro atoms. The second kappa shape index (κ2) is 5.81. The topological polar surface area (TPSA) is 51.4 Å². The van der Waals surface area contributed by atoms with Crippen LogP contribution >= 0.6 is 11.3 Å². The Morgan fingerprint density at radius 2 is 2.30 bits per heavy atom. The minimum absolute atomic E-state index is 0.425. The molecule has 2 N–H and O–H groups in total. The predicted molar refractivity (Wildman–Crippen MR) is 81.9 cm³/mol. The van der Waals surface area contributed by atoms with Crippen molar-refractivity contribution in [3.63, 3.8) is 0 Å². The number of benzene rings is 1. The number of para-hydroxylation sites is 1. The number of ether oxygens (including phenoxy) is 1. The van der Waals surface area contributed by atoms with E-state index >= 15 is 0 Å². The molecule has 2 heterocycles. The molecule has 0 aliphatic carbocycles. The number of hydrogen-bond donors (Lipinski definition) is 1. The molecule has 1 saturated heterocycles. The summed E-state index contributed by atoms with van der Waals surface area (Å²) in [7, 11) is 1.74. The maximum Gasteiger partial charge on any atom is 0.180 e. The fourth-order valence-electron chi connectivity index (χ4n) is 2.91. The lowest BCUT2D eigenvalue weighted by Crippen LogP contribution is -2.22. The number of methoxy groups -OCH3 is 1. The van der Waals surface area contributed by atoms with Gasteiger partial charge < -0.3 is 10.5 Å². The SMILES string of the molecule is COc1ccccc1C1CCCN1Cc1cnc(N)s1. The van der Waals surface area contributed by atoms with E-state index in [1.165, 1.54) is 23.3 Å². The molecule has 1 aliphatic heterocycles. The summed E-state index contributed by atoms with van der Waals surface area (Å²) in [5.41, 5.74) is 7.00. The number of nitrogens with two attached hydrogens (primary N) is 1. The van der Waals surface area contributed by atoms with E-state index in [4.69, 9.17) is 10.5 Å². The van der Waals surface area contributed by atoms with E-state index in [2.05, 4.69) is 22.0 Å². The number of aromatic nitrogens is 1. The summed E-state index contributed by atoms with van der Waals surface area (Å²) in [6, 6.07) is 8.73. The molecule has 5 heteroatoms. The molecule has 1 aliphatic rings. The number of likely N-dealkylation sites (tertiary alicyclic amines) is 1. The first kappa shape index (κ1) is 13.4. The fourth-order valence-corrected chi connectivity index (χ4v) is 3.62. The minimum atomic E-state index is 0.425. The van der Waals surface area contributed by atoms with E-state index in [1.54, 1.807) is 18.4 Å². The largest absolute Gasteiger partial charge is 0.496 e. The van der Waals surface area contributed by atoms with Crippen molar-refractivity contribution in [3.05, 3.63) is 40.9 Å². The van der Waals surface area contributed by atoms with Gasteiger partial charge in [0.1, 0.15) is 5.75 Å². The van der Waals surface area contributed by atoms with E-state index in [-0.39, 0.29) is 0 Å². The van der Waals surface area contributed by atoms with Crippen LogP contribution in [0.25, 0.3) is 0 Å². The van der Waals surface area contributed by atoms with Gasteiger partial charge in [-0.1, -0.05) is 18.2 Å². The molecular weight excluding hydrogens is 270 g/mol. The average Bonchev–Trinajstić information content (AvgIpc) is 3.08. The summed E-state index contributed by atoms with van der Waals surface area (Å²) in [6.07, 6.45) is 4.28. The molecule has 1 atom stereocenters. The maximum absolute atomic E-state index is 5.71. The molecule has 3 rings (SSSR count). The predicted octanol–water partition coefficient (Wildman–Crippen LogP) is 3.07. The lowest BCUT2D eigenvalue weighted by Gasteiger charge is -2.25. The van der Waals surface area contributed by atoms with Crippen LogP contribution < -0.4 is 10.5 Å². The summed E-state index contributed by atoms with van der Waals surface area (Å²) >= 11 is 1.58. The molecule has 0 amide bonds. The highest BCUT2D eigenvalue weighted by Crippen LogP contribution is 2.38. The van der Waals surface area contributed by atoms with Crippen molar-refractivity contribution in [3.8, 4) is 5.75 Å². The van der Waals surface area contributed by atoms with Gasteiger partial charge in [0.15, 0.2) is 5.13 Å². The second-order valence-corrected chi connectivity index (χ2v) is 6.18. The number of nitrogens with zero attached hydrogens (tertiary/aromatic N) is 2. The van der Waals surface area contributed by atoms with Gasteiger partial charge in [-0.25, -0.2) is 4.98 Å². The zero-order chi connectivity index (χ0) is 13.9. The number of nitrogen functional groups attached to an aromatic ring is 1. The first-order valence-corrected chi connectivity index (χ1v) is 7.66. The van der Waals surface area contributed by atoms with Crippen LogP contribution in [0.2, 0.25) is 0 Å². The highest BCUT2D eigenvalue weighted by molar-refractivity contribution is 7.15. The molecule has 2 aromatic rings. The summed E-state index contributed by atoms with van der Waals surface area (Å²) in [4.78, 5) is 7.85. The standard InChI is InChI=1S/C15H19N3OS/c1-19-14-7-3-2-5-12(14)13-6-4-8-18(13)10-11-9-17-15(16)20-11/h2-3,5,7,9,13H,4,6,8,10H2,1H3,(H2,16,17). The fraction of sp³-hybridized carbons (Fsp3) is 0.400. The highest BCUT2D eigenvalue weighted by atomic mass is 32.1. The van der Waals surface area contributed by atoms with Crippen LogP contribution in [0.1, 0.15) is 29.3 Å². The Kier molecular flexibility index (Phi) is 3.89. The molecule has 0 saturated carbocycles. The van der Waals surface area contributed by atoms with Crippen molar-refractivity contribution in [2.24, 2.45) is 0 Å². The van der Waals surface area contributed by atoms with Gasteiger partial charge in [0.2, 0.25) is 0 Å². The number of hydrogen-bond acceptors (Lipinski definition) is 5. The Morgan fingerprint density at radius 3 is 3.05 bits per heavy atom. The Balaban J connectivity index is 1.81. The summed E-state index contributed by atoms with van der Waals surface area (Å²) in [6.45, 7) is 2.03. The van der Waals surface area contributed by atoms with Crippen molar-refractivity contribution < 1.29 is 4.74 Å². The summed E-state index contributed by atoms with van der Waals surface area (Å²) in [5.74, 6) is 0.980. The first-order chi connectivity index (χ1) is 9.78. The molecule has 4 nitrogen and oxygen atoms in total. The monoisotopic (exact) mass is 289 g/mol. The van der Waals surface area contributed by atoms with Crippen molar-refractivity contribution in [1.29, 1.82) is 0 Å². The van der Waals surface area contributed by atoms with E-state index < -0.39 is 0 Å². The van der Waals surface area contributed by atoms with Crippen LogP contribution in [0.5, 0.6) is 5.75 Å². The third kappa shape index (κ3) is 2.64. The second-order valence-electron chi connectivity index (χ2n) is 5.04. The van der Waals surface area contributed by atoms with Crippen LogP contribution in [0.4, 0.5) is 5.13 Å². The molecule has 1 aromatic carbocycles. The van der Waals surface area contributed by atoms with Gasteiger partial charge in [0.05, 0.1) is 7.11 Å². The zero-order valence-corrected chi connectivity index (χ0v) is 12.4. The molecule has 20 heavy (non-hydrogen) atoms. The van der Waals surface area contributed by atoms with E-state index in [1.807, 2.05) is 18.3 Å². The Labute approximate surface area is 123 Å². The van der Waals surface area contributed by atoms with Crippen LogP contribution in [-0.4, -0.2) is 23.5 Å². The molecule has 0 radical (unpaired) electrons. The third-order valence-corrected chi connectivity index (χ3v) is 4.60. The molecule has 0 bridgehead atoms. The minimum Gasteiger partial charge on any atom is -0.496 e. The van der Waals surface area contributed by atoms with Gasteiger partial charge in [-0.2, -0.15) is 0 Å². The third-order valence-electron chi connectivity index (χ3n) is 3.79. The molecule has 1 fully saturated rings. The van der Waals surface area contributed by atoms with E-state index in [9.17, 15) is 0 Å². The summed E-state index contributed by atoms with van der Waals surface area (Å²) < 4.78 is 5.50. The van der Waals surface area contributed by atoms with Crippen LogP contribution in [0, 0.1) is 0 Å². The van der Waals surface area contributed by atoms with E-state index in [0.717, 1.165) is 18.8 Å². The average molecular weight is 289 g/mol. The lowest BCUT2D eigenvalue weighted by atomic mass is 10.0. The maximum atomic E-state index is 5.71.